The highest BCUT2D eigenvalue weighted by Crippen LogP contribution is 2.16. The summed E-state index contributed by atoms with van der Waals surface area (Å²) in [5.74, 6) is 0.776. The van der Waals surface area contributed by atoms with Crippen LogP contribution in [0.4, 0.5) is 0 Å². The van der Waals surface area contributed by atoms with Crippen LogP contribution < -0.4 is 11.5 Å². The van der Waals surface area contributed by atoms with Gasteiger partial charge < -0.3 is 11.5 Å². The van der Waals surface area contributed by atoms with Crippen molar-refractivity contribution in [1.82, 2.24) is 0 Å². The molecule has 0 bridgehead atoms. The van der Waals surface area contributed by atoms with Crippen LogP contribution >= 0.6 is 24.8 Å². The second kappa shape index (κ2) is 11.2. The van der Waals surface area contributed by atoms with Gasteiger partial charge in [0.05, 0.1) is 0 Å². The third-order valence-corrected chi connectivity index (χ3v) is 2.53. The van der Waals surface area contributed by atoms with Gasteiger partial charge in [-0.25, -0.2) is 9.98 Å². The molecule has 0 spiro atoms. The molecule has 0 aliphatic carbocycles. The second-order valence-corrected chi connectivity index (χ2v) is 5.31. The van der Waals surface area contributed by atoms with Crippen molar-refractivity contribution >= 4 is 36.5 Å². The minimum absolute atomic E-state index is 0. The maximum atomic E-state index is 5.90. The summed E-state index contributed by atoms with van der Waals surface area (Å²) in [5.41, 5.74) is 10.4. The van der Waals surface area contributed by atoms with E-state index in [-0.39, 0.29) is 24.8 Å². The number of allylic oxidation sites excluding steroid dienone is 2. The number of aliphatic imine (C=N–C) groups is 2. The van der Waals surface area contributed by atoms with Crippen molar-refractivity contribution in [2.45, 2.75) is 52.6 Å². The zero-order valence-electron chi connectivity index (χ0n) is 14.1. The lowest BCUT2D eigenvalue weighted by atomic mass is 10.0. The van der Waals surface area contributed by atoms with Crippen molar-refractivity contribution in [2.24, 2.45) is 31.7 Å². The molecule has 4 N–H and O–H groups in total. The van der Waals surface area contributed by atoms with Gasteiger partial charge in [-0.1, -0.05) is 12.2 Å². The van der Waals surface area contributed by atoms with Gasteiger partial charge in [0.15, 0.2) is 0 Å². The third kappa shape index (κ3) is 8.79. The van der Waals surface area contributed by atoms with Crippen LogP contribution in [0.1, 0.15) is 41.5 Å². The molecule has 0 saturated carbocycles. The first-order valence-corrected chi connectivity index (χ1v) is 6.51. The fraction of sp³-hybridized carbons (Fsp3) is 0.571. The summed E-state index contributed by atoms with van der Waals surface area (Å²) in [7, 11) is 0. The molecule has 0 aromatic rings. The van der Waals surface area contributed by atoms with Crippen LogP contribution in [0.25, 0.3) is 0 Å². The highest BCUT2D eigenvalue weighted by atomic mass is 35.5. The van der Waals surface area contributed by atoms with E-state index in [4.69, 9.17) is 11.5 Å². The largest absolute Gasteiger partial charge is 0.385 e. The lowest BCUT2D eigenvalue weighted by molar-refractivity contribution is 0.560. The van der Waals surface area contributed by atoms with Gasteiger partial charge >= 0.3 is 0 Å². The number of hydrogen-bond donors (Lipinski definition) is 2. The number of rotatable bonds is 6. The van der Waals surface area contributed by atoms with E-state index in [2.05, 4.69) is 20.2 Å². The van der Waals surface area contributed by atoms with Gasteiger partial charge in [-0.15, -0.1) is 24.8 Å². The Balaban J connectivity index is -0.00000180. The lowest BCUT2D eigenvalue weighted by Gasteiger charge is -2.22. The van der Waals surface area contributed by atoms with E-state index < -0.39 is 11.1 Å². The van der Waals surface area contributed by atoms with Crippen LogP contribution in [0.2, 0.25) is 0 Å². The predicted octanol–water partition coefficient (Wildman–Crippen LogP) is 3.62. The van der Waals surface area contributed by atoms with Crippen molar-refractivity contribution in [3.8, 4) is 0 Å². The first-order valence-electron chi connectivity index (χ1n) is 6.51. The number of halogens is 2. The van der Waals surface area contributed by atoms with Gasteiger partial charge in [-0.3, -0.25) is 0 Å². The van der Waals surface area contributed by atoms with Crippen LogP contribution in [-0.2, 0) is 0 Å². The summed E-state index contributed by atoms with van der Waals surface area (Å²) in [6.07, 6.45) is 6.84. The van der Waals surface area contributed by atoms with Crippen LogP contribution in [-0.4, -0.2) is 22.7 Å². The molecule has 0 saturated heterocycles. The zero-order valence-corrected chi connectivity index (χ0v) is 15.7. The van der Waals surface area contributed by atoms with Crippen molar-refractivity contribution in [2.75, 3.05) is 0 Å². The fourth-order valence-corrected chi connectivity index (χ4v) is 0.978. The van der Waals surface area contributed by atoms with Crippen molar-refractivity contribution in [3.63, 3.8) is 0 Å². The van der Waals surface area contributed by atoms with E-state index in [0.717, 1.165) is 0 Å². The molecule has 0 radical (unpaired) electrons. The molecule has 22 heavy (non-hydrogen) atoms. The highest BCUT2D eigenvalue weighted by molar-refractivity contribution is 5.91. The van der Waals surface area contributed by atoms with Gasteiger partial charge in [0.1, 0.15) is 22.7 Å². The quantitative estimate of drug-likeness (QED) is 0.434. The van der Waals surface area contributed by atoms with E-state index in [1.807, 2.05) is 41.5 Å². The molecule has 8 heteroatoms. The summed E-state index contributed by atoms with van der Waals surface area (Å²) in [6, 6.07) is 0. The molecule has 0 fully saturated rings. The molecular weight excluding hydrogens is 323 g/mol. The zero-order chi connectivity index (χ0) is 15.8. The predicted molar refractivity (Wildman–Crippen MR) is 100 cm³/mol. The normalized spacial score (nSPS) is 14.5. The lowest BCUT2D eigenvalue weighted by Crippen LogP contribution is -2.39. The molecule has 128 valence electrons. The van der Waals surface area contributed by atoms with Crippen LogP contribution in [0.15, 0.2) is 44.8 Å². The Kier molecular flexibility index (Phi) is 13.0. The molecule has 6 nitrogen and oxygen atoms in total. The Morgan fingerprint density at radius 2 is 1.00 bits per heavy atom. The molecule has 0 rings (SSSR count). The maximum Gasteiger partial charge on any atom is 0.133 e. The van der Waals surface area contributed by atoms with Gasteiger partial charge in [0, 0.05) is 12.4 Å². The minimum atomic E-state index is -0.697. The Bertz CT molecular complexity index is 420. The Morgan fingerprint density at radius 1 is 0.727 bits per heavy atom. The van der Waals surface area contributed by atoms with Gasteiger partial charge in [-0.05, 0) is 41.5 Å². The standard InChI is InChI=1S/C14H26N6.2ClH/c1-7-9-17-11(15)13(3,4)19-20-14(5,6)12(16)18-10-8-2;;/h7-10H,1-6H3,(H2,15,17)(H2,16,18);2*1H. The van der Waals surface area contributed by atoms with E-state index in [9.17, 15) is 0 Å². The fourth-order valence-electron chi connectivity index (χ4n) is 0.978. The summed E-state index contributed by atoms with van der Waals surface area (Å²) in [5, 5.41) is 8.52. The van der Waals surface area contributed by atoms with Crippen LogP contribution in [0, 0.1) is 0 Å². The smallest absolute Gasteiger partial charge is 0.133 e. The summed E-state index contributed by atoms with van der Waals surface area (Å²) < 4.78 is 0. The monoisotopic (exact) mass is 350 g/mol. The molecule has 0 atom stereocenters. The number of nitrogens with zero attached hydrogens (tertiary/aromatic N) is 4. The molecular formula is C14H28Cl2N6. The molecule has 0 amide bonds. The second-order valence-electron chi connectivity index (χ2n) is 5.31. The third-order valence-electron chi connectivity index (χ3n) is 2.53. The SMILES string of the molecule is CC=CN=C(N)C(C)(C)N=NC(C)(C)C(N)=NC=CC.Cl.Cl. The van der Waals surface area contributed by atoms with E-state index in [1.165, 1.54) is 0 Å². The Labute approximate surface area is 145 Å². The number of hydrogen-bond acceptors (Lipinski definition) is 4. The number of amidine groups is 2. The van der Waals surface area contributed by atoms with Gasteiger partial charge in [0.2, 0.25) is 0 Å². The van der Waals surface area contributed by atoms with Crippen molar-refractivity contribution < 1.29 is 0 Å². The molecule has 0 aromatic heterocycles. The van der Waals surface area contributed by atoms with Crippen LogP contribution in [0.5, 0.6) is 0 Å². The molecule has 0 aliphatic heterocycles. The molecule has 0 unspecified atom stereocenters. The highest BCUT2D eigenvalue weighted by Gasteiger charge is 2.26. The molecule has 0 aliphatic rings. The van der Waals surface area contributed by atoms with Crippen LogP contribution in [0.3, 0.4) is 0 Å². The van der Waals surface area contributed by atoms with Gasteiger partial charge in [-0.2, -0.15) is 10.2 Å². The first kappa shape index (κ1) is 25.5. The minimum Gasteiger partial charge on any atom is -0.385 e. The number of nitrogens with two attached hydrogens (primary N) is 2. The Hall–Kier alpha value is -1.40. The average molecular weight is 351 g/mol. The molecule has 0 heterocycles. The summed E-state index contributed by atoms with van der Waals surface area (Å²) in [6.45, 7) is 11.1. The average Bonchev–Trinajstić information content (AvgIpc) is 2.39. The van der Waals surface area contributed by atoms with E-state index in [1.54, 1.807) is 24.6 Å². The van der Waals surface area contributed by atoms with E-state index >= 15 is 0 Å². The van der Waals surface area contributed by atoms with Crippen molar-refractivity contribution in [3.05, 3.63) is 24.6 Å². The van der Waals surface area contributed by atoms with E-state index in [0.29, 0.717) is 11.7 Å². The Morgan fingerprint density at radius 3 is 1.23 bits per heavy atom. The maximum absolute atomic E-state index is 5.90. The first-order chi connectivity index (χ1) is 9.17. The summed E-state index contributed by atoms with van der Waals surface area (Å²) in [4.78, 5) is 8.19. The summed E-state index contributed by atoms with van der Waals surface area (Å²) >= 11 is 0. The topological polar surface area (TPSA) is 101 Å². The number of azo groups is 1. The molecule has 0 aromatic carbocycles. The van der Waals surface area contributed by atoms with Gasteiger partial charge in [0.25, 0.3) is 0 Å². The van der Waals surface area contributed by atoms with Crippen molar-refractivity contribution in [1.29, 1.82) is 0 Å².